The maximum Gasteiger partial charge on any atom is 0.306 e. The second kappa shape index (κ2) is 11.6. The van der Waals surface area contributed by atoms with Gasteiger partial charge < -0.3 is 5.11 Å². The van der Waals surface area contributed by atoms with Gasteiger partial charge in [0.2, 0.25) is 0 Å². The lowest BCUT2D eigenvalue weighted by molar-refractivity contribution is -0.142. The molecule has 0 saturated carbocycles. The highest BCUT2D eigenvalue weighted by molar-refractivity contribution is 5.69. The SMILES string of the molecule is CCCCCCC(C)CCCCC(CC)C(=O)O. The van der Waals surface area contributed by atoms with Crippen LogP contribution in [0.15, 0.2) is 0 Å². The van der Waals surface area contributed by atoms with Gasteiger partial charge in [0.05, 0.1) is 5.92 Å². The molecule has 0 aromatic heterocycles. The van der Waals surface area contributed by atoms with Gasteiger partial charge in [-0.2, -0.15) is 0 Å². The van der Waals surface area contributed by atoms with Crippen molar-refractivity contribution in [3.8, 4) is 0 Å². The molecule has 0 amide bonds. The van der Waals surface area contributed by atoms with Crippen LogP contribution in [0.5, 0.6) is 0 Å². The van der Waals surface area contributed by atoms with Crippen LogP contribution in [0.25, 0.3) is 0 Å². The normalized spacial score (nSPS) is 14.4. The fraction of sp³-hybridized carbons (Fsp3) is 0.938. The van der Waals surface area contributed by atoms with E-state index in [0.717, 1.165) is 25.2 Å². The van der Waals surface area contributed by atoms with Crippen LogP contribution < -0.4 is 0 Å². The van der Waals surface area contributed by atoms with Crippen LogP contribution >= 0.6 is 0 Å². The lowest BCUT2D eigenvalue weighted by Crippen LogP contribution is -2.12. The highest BCUT2D eigenvalue weighted by Gasteiger charge is 2.14. The van der Waals surface area contributed by atoms with Crippen molar-refractivity contribution in [1.82, 2.24) is 0 Å². The molecule has 0 aliphatic heterocycles. The first-order valence-electron chi connectivity index (χ1n) is 7.84. The largest absolute Gasteiger partial charge is 0.481 e. The lowest BCUT2D eigenvalue weighted by atomic mass is 9.94. The molecule has 18 heavy (non-hydrogen) atoms. The molecule has 1 N–H and O–H groups in total. The van der Waals surface area contributed by atoms with Gasteiger partial charge in [-0.3, -0.25) is 4.79 Å². The van der Waals surface area contributed by atoms with E-state index in [2.05, 4.69) is 13.8 Å². The van der Waals surface area contributed by atoms with Crippen LogP contribution in [0.2, 0.25) is 0 Å². The molecular formula is C16H32O2. The summed E-state index contributed by atoms with van der Waals surface area (Å²) in [5.41, 5.74) is 0. The minimum atomic E-state index is -0.620. The summed E-state index contributed by atoms with van der Waals surface area (Å²) in [6, 6.07) is 0. The monoisotopic (exact) mass is 256 g/mol. The molecular weight excluding hydrogens is 224 g/mol. The number of carbonyl (C=O) groups is 1. The second-order valence-electron chi connectivity index (χ2n) is 5.68. The Morgan fingerprint density at radius 3 is 2.00 bits per heavy atom. The predicted molar refractivity (Wildman–Crippen MR) is 77.8 cm³/mol. The number of aliphatic carboxylic acids is 1. The summed E-state index contributed by atoms with van der Waals surface area (Å²) < 4.78 is 0. The minimum Gasteiger partial charge on any atom is -0.481 e. The van der Waals surface area contributed by atoms with Gasteiger partial charge in [-0.15, -0.1) is 0 Å². The van der Waals surface area contributed by atoms with E-state index in [1.54, 1.807) is 0 Å². The van der Waals surface area contributed by atoms with E-state index in [1.165, 1.54) is 44.9 Å². The van der Waals surface area contributed by atoms with Gasteiger partial charge >= 0.3 is 5.97 Å². The van der Waals surface area contributed by atoms with Crippen LogP contribution in [0, 0.1) is 11.8 Å². The first-order valence-corrected chi connectivity index (χ1v) is 7.84. The third-order valence-corrected chi connectivity index (χ3v) is 3.89. The zero-order chi connectivity index (χ0) is 13.8. The van der Waals surface area contributed by atoms with Crippen LogP contribution in [0.1, 0.15) is 85.0 Å². The molecule has 2 unspecified atom stereocenters. The van der Waals surface area contributed by atoms with Crippen molar-refractivity contribution in [1.29, 1.82) is 0 Å². The number of hydrogen-bond acceptors (Lipinski definition) is 1. The van der Waals surface area contributed by atoms with Crippen LogP contribution in [-0.4, -0.2) is 11.1 Å². The maximum atomic E-state index is 10.9. The van der Waals surface area contributed by atoms with Crippen molar-refractivity contribution in [2.75, 3.05) is 0 Å². The lowest BCUT2D eigenvalue weighted by Gasteiger charge is -2.12. The molecule has 2 atom stereocenters. The molecule has 2 heteroatoms. The first-order chi connectivity index (χ1) is 8.61. The van der Waals surface area contributed by atoms with Gasteiger partial charge in [0.1, 0.15) is 0 Å². The molecule has 0 aromatic carbocycles. The first kappa shape index (κ1) is 17.5. The van der Waals surface area contributed by atoms with E-state index in [-0.39, 0.29) is 5.92 Å². The Morgan fingerprint density at radius 2 is 1.50 bits per heavy atom. The van der Waals surface area contributed by atoms with Gasteiger partial charge in [0.25, 0.3) is 0 Å². The van der Waals surface area contributed by atoms with Crippen molar-refractivity contribution >= 4 is 5.97 Å². The van der Waals surface area contributed by atoms with Crippen LogP contribution in [0.4, 0.5) is 0 Å². The maximum absolute atomic E-state index is 10.9. The topological polar surface area (TPSA) is 37.3 Å². The highest BCUT2D eigenvalue weighted by Crippen LogP contribution is 2.19. The van der Waals surface area contributed by atoms with Crippen molar-refractivity contribution in [3.63, 3.8) is 0 Å². The molecule has 108 valence electrons. The average Bonchev–Trinajstić information content (AvgIpc) is 2.34. The van der Waals surface area contributed by atoms with Gasteiger partial charge in [0, 0.05) is 0 Å². The summed E-state index contributed by atoms with van der Waals surface area (Å²) in [6.07, 6.45) is 11.9. The number of carboxylic acid groups (broad SMARTS) is 1. The third kappa shape index (κ3) is 9.49. The number of rotatable bonds is 12. The van der Waals surface area contributed by atoms with Crippen LogP contribution in [0.3, 0.4) is 0 Å². The van der Waals surface area contributed by atoms with Gasteiger partial charge in [0.15, 0.2) is 0 Å². The molecule has 0 bridgehead atoms. The van der Waals surface area contributed by atoms with E-state index in [4.69, 9.17) is 5.11 Å². The van der Waals surface area contributed by atoms with Crippen LogP contribution in [-0.2, 0) is 4.79 Å². The highest BCUT2D eigenvalue weighted by atomic mass is 16.4. The second-order valence-corrected chi connectivity index (χ2v) is 5.68. The molecule has 0 fully saturated rings. The number of carboxylic acids is 1. The van der Waals surface area contributed by atoms with Crippen molar-refractivity contribution in [2.24, 2.45) is 11.8 Å². The van der Waals surface area contributed by atoms with Gasteiger partial charge in [-0.1, -0.05) is 72.1 Å². The summed E-state index contributed by atoms with van der Waals surface area (Å²) in [7, 11) is 0. The zero-order valence-electron chi connectivity index (χ0n) is 12.6. The Kier molecular flexibility index (Phi) is 11.2. The molecule has 0 aliphatic rings. The Balaban J connectivity index is 3.44. The Labute approximate surface area is 113 Å². The quantitative estimate of drug-likeness (QED) is 0.483. The van der Waals surface area contributed by atoms with Gasteiger partial charge in [-0.25, -0.2) is 0 Å². The molecule has 0 radical (unpaired) electrons. The molecule has 0 aliphatic carbocycles. The Hall–Kier alpha value is -0.530. The van der Waals surface area contributed by atoms with E-state index >= 15 is 0 Å². The number of unbranched alkanes of at least 4 members (excludes halogenated alkanes) is 4. The van der Waals surface area contributed by atoms with Crippen molar-refractivity contribution < 1.29 is 9.90 Å². The fourth-order valence-corrected chi connectivity index (χ4v) is 2.45. The number of hydrogen-bond donors (Lipinski definition) is 1. The summed E-state index contributed by atoms with van der Waals surface area (Å²) >= 11 is 0. The molecule has 0 heterocycles. The standard InChI is InChI=1S/C16H32O2/c1-4-6-7-8-11-14(3)12-9-10-13-15(5-2)16(17)18/h14-15H,4-13H2,1-3H3,(H,17,18). The summed E-state index contributed by atoms with van der Waals surface area (Å²) in [4.78, 5) is 10.9. The minimum absolute atomic E-state index is 0.120. The molecule has 0 spiro atoms. The Morgan fingerprint density at radius 1 is 0.944 bits per heavy atom. The van der Waals surface area contributed by atoms with Crippen molar-refractivity contribution in [3.05, 3.63) is 0 Å². The average molecular weight is 256 g/mol. The molecule has 2 nitrogen and oxygen atoms in total. The molecule has 0 saturated heterocycles. The molecule has 0 rings (SSSR count). The fourth-order valence-electron chi connectivity index (χ4n) is 2.45. The summed E-state index contributed by atoms with van der Waals surface area (Å²) in [5.74, 6) is 0.0711. The van der Waals surface area contributed by atoms with E-state index in [0.29, 0.717) is 0 Å². The molecule has 0 aromatic rings. The van der Waals surface area contributed by atoms with E-state index < -0.39 is 5.97 Å². The summed E-state index contributed by atoms with van der Waals surface area (Å²) in [6.45, 7) is 6.55. The zero-order valence-corrected chi connectivity index (χ0v) is 12.6. The Bertz CT molecular complexity index is 201. The van der Waals surface area contributed by atoms with E-state index in [1.807, 2.05) is 6.92 Å². The summed E-state index contributed by atoms with van der Waals surface area (Å²) in [5, 5.41) is 8.95. The smallest absolute Gasteiger partial charge is 0.306 e. The van der Waals surface area contributed by atoms with E-state index in [9.17, 15) is 4.79 Å². The van der Waals surface area contributed by atoms with Gasteiger partial charge in [-0.05, 0) is 18.8 Å². The predicted octanol–water partition coefficient (Wildman–Crippen LogP) is 5.26. The third-order valence-electron chi connectivity index (χ3n) is 3.89. The van der Waals surface area contributed by atoms with Crippen molar-refractivity contribution in [2.45, 2.75) is 85.0 Å².